The van der Waals surface area contributed by atoms with E-state index in [4.69, 9.17) is 18.0 Å². The van der Waals surface area contributed by atoms with Gasteiger partial charge >= 0.3 is 0 Å². The van der Waals surface area contributed by atoms with Gasteiger partial charge in [-0.25, -0.2) is 13.1 Å². The van der Waals surface area contributed by atoms with Crippen molar-refractivity contribution in [3.05, 3.63) is 0 Å². The molecule has 0 spiro atoms. The summed E-state index contributed by atoms with van der Waals surface area (Å²) >= 11 is 4.69. The molecule has 0 heterocycles. The van der Waals surface area contributed by atoms with E-state index in [1.165, 1.54) is 6.26 Å². The zero-order valence-electron chi connectivity index (χ0n) is 9.60. The summed E-state index contributed by atoms with van der Waals surface area (Å²) in [6.45, 7) is 3.54. The highest BCUT2D eigenvalue weighted by atomic mass is 32.2. The molecule has 0 aromatic rings. The quantitative estimate of drug-likeness (QED) is 0.629. The maximum atomic E-state index is 11.8. The van der Waals surface area contributed by atoms with E-state index in [1.54, 1.807) is 13.8 Å². The van der Waals surface area contributed by atoms with Gasteiger partial charge in [0, 0.05) is 28.9 Å². The van der Waals surface area contributed by atoms with Crippen LogP contribution in [0.1, 0.15) is 20.3 Å². The van der Waals surface area contributed by atoms with Gasteiger partial charge in [0.25, 0.3) is 0 Å². The van der Waals surface area contributed by atoms with Crippen molar-refractivity contribution >= 4 is 38.0 Å². The van der Waals surface area contributed by atoms with Crippen LogP contribution in [0.25, 0.3) is 0 Å². The summed E-state index contributed by atoms with van der Waals surface area (Å²) in [4.78, 5) is -0.0414. The lowest BCUT2D eigenvalue weighted by molar-refractivity contribution is 0.573. The standard InChI is InChI=1S/C8H18N2O3S3/c1-4-7(8(9)14)16(12,13)10-5-6(2)15(3)11/h6-7,10H,4-5H2,1-3H3,(H2,9,14). The van der Waals surface area contributed by atoms with Gasteiger partial charge < -0.3 is 5.73 Å². The van der Waals surface area contributed by atoms with Gasteiger partial charge in [0.1, 0.15) is 5.25 Å². The molecule has 0 saturated heterocycles. The third kappa shape index (κ3) is 4.86. The van der Waals surface area contributed by atoms with E-state index >= 15 is 0 Å². The van der Waals surface area contributed by atoms with E-state index in [0.29, 0.717) is 6.42 Å². The second-order valence-corrected chi connectivity index (χ2v) is 7.72. The van der Waals surface area contributed by atoms with Gasteiger partial charge in [-0.2, -0.15) is 0 Å². The van der Waals surface area contributed by atoms with Gasteiger partial charge in [0.2, 0.25) is 10.0 Å². The lowest BCUT2D eigenvalue weighted by Crippen LogP contribution is -2.44. The molecule has 96 valence electrons. The Morgan fingerprint density at radius 2 is 2.06 bits per heavy atom. The van der Waals surface area contributed by atoms with Gasteiger partial charge in [-0.05, 0) is 13.3 Å². The Balaban J connectivity index is 4.57. The molecule has 0 aromatic heterocycles. The Hall–Kier alpha value is -0.0500. The maximum Gasteiger partial charge on any atom is 0.221 e. The Morgan fingerprint density at radius 3 is 2.38 bits per heavy atom. The van der Waals surface area contributed by atoms with E-state index in [1.807, 2.05) is 0 Å². The second kappa shape index (κ2) is 6.63. The fraction of sp³-hybridized carbons (Fsp3) is 0.875. The van der Waals surface area contributed by atoms with Crippen LogP contribution in [0.15, 0.2) is 0 Å². The molecule has 0 aromatic carbocycles. The summed E-state index contributed by atoms with van der Waals surface area (Å²) in [6.07, 6.45) is 1.86. The van der Waals surface area contributed by atoms with E-state index in [9.17, 15) is 12.6 Å². The van der Waals surface area contributed by atoms with E-state index in [-0.39, 0.29) is 16.8 Å². The Bertz CT molecular complexity index is 367. The molecule has 0 saturated carbocycles. The molecule has 0 amide bonds. The highest BCUT2D eigenvalue weighted by Gasteiger charge is 2.26. The molecule has 16 heavy (non-hydrogen) atoms. The van der Waals surface area contributed by atoms with Gasteiger partial charge in [0.15, 0.2) is 0 Å². The summed E-state index contributed by atoms with van der Waals surface area (Å²) in [6, 6.07) is 0. The lowest BCUT2D eigenvalue weighted by atomic mass is 10.3. The largest absolute Gasteiger partial charge is 0.392 e. The SMILES string of the molecule is CCC(C(N)=S)S(=O)(=O)NCC(C)S(C)=O. The van der Waals surface area contributed by atoms with Crippen LogP contribution in [0.4, 0.5) is 0 Å². The molecule has 0 radical (unpaired) electrons. The molecule has 3 atom stereocenters. The molecule has 0 bridgehead atoms. The number of nitrogens with one attached hydrogen (secondary N) is 1. The average Bonchev–Trinajstić information content (AvgIpc) is 2.13. The molecule has 3 unspecified atom stereocenters. The van der Waals surface area contributed by atoms with Gasteiger partial charge in [-0.1, -0.05) is 19.1 Å². The van der Waals surface area contributed by atoms with Crippen LogP contribution >= 0.6 is 12.2 Å². The molecular weight excluding hydrogens is 268 g/mol. The first-order valence-electron chi connectivity index (χ1n) is 4.82. The van der Waals surface area contributed by atoms with E-state index in [2.05, 4.69) is 4.72 Å². The predicted octanol–water partition coefficient (Wildman–Crippen LogP) is -0.262. The highest BCUT2D eigenvalue weighted by Crippen LogP contribution is 2.05. The molecule has 8 heteroatoms. The van der Waals surface area contributed by atoms with Crippen molar-refractivity contribution in [1.82, 2.24) is 4.72 Å². The Kier molecular flexibility index (Phi) is 6.61. The third-order valence-corrected chi connectivity index (χ3v) is 5.84. The number of hydrogen-bond acceptors (Lipinski definition) is 4. The number of rotatable bonds is 7. The fourth-order valence-corrected chi connectivity index (χ4v) is 3.42. The van der Waals surface area contributed by atoms with Crippen LogP contribution in [0.5, 0.6) is 0 Å². The van der Waals surface area contributed by atoms with Crippen molar-refractivity contribution < 1.29 is 12.6 Å². The zero-order valence-corrected chi connectivity index (χ0v) is 12.0. The zero-order chi connectivity index (χ0) is 12.9. The first kappa shape index (κ1) is 16.0. The van der Waals surface area contributed by atoms with Crippen molar-refractivity contribution in [2.45, 2.75) is 30.8 Å². The maximum absolute atomic E-state index is 11.8. The van der Waals surface area contributed by atoms with Crippen LogP contribution < -0.4 is 10.5 Å². The lowest BCUT2D eigenvalue weighted by Gasteiger charge is -2.16. The van der Waals surface area contributed by atoms with Crippen LogP contribution in [0.3, 0.4) is 0 Å². The van der Waals surface area contributed by atoms with E-state index < -0.39 is 26.1 Å². The average molecular weight is 286 g/mol. The van der Waals surface area contributed by atoms with Crippen molar-refractivity contribution in [1.29, 1.82) is 0 Å². The Morgan fingerprint density at radius 1 is 1.56 bits per heavy atom. The molecule has 0 rings (SSSR count). The van der Waals surface area contributed by atoms with E-state index in [0.717, 1.165) is 0 Å². The van der Waals surface area contributed by atoms with Gasteiger partial charge in [0.05, 0.1) is 4.99 Å². The molecule has 0 fully saturated rings. The van der Waals surface area contributed by atoms with Gasteiger partial charge in [-0.15, -0.1) is 0 Å². The van der Waals surface area contributed by atoms with Crippen molar-refractivity contribution in [2.75, 3.05) is 12.8 Å². The normalized spacial score (nSPS) is 17.7. The molecular formula is C8H18N2O3S3. The smallest absolute Gasteiger partial charge is 0.221 e. The predicted molar refractivity (Wildman–Crippen MR) is 71.3 cm³/mol. The molecule has 0 aliphatic carbocycles. The third-order valence-electron chi connectivity index (χ3n) is 2.20. The topological polar surface area (TPSA) is 89.3 Å². The second-order valence-electron chi connectivity index (χ2n) is 3.50. The summed E-state index contributed by atoms with van der Waals surface area (Å²) in [5, 5.41) is -1.10. The monoisotopic (exact) mass is 286 g/mol. The summed E-state index contributed by atoms with van der Waals surface area (Å²) in [5.74, 6) is 0. The number of thiocarbonyl (C=S) groups is 1. The minimum Gasteiger partial charge on any atom is -0.392 e. The van der Waals surface area contributed by atoms with Crippen LogP contribution in [0, 0.1) is 0 Å². The summed E-state index contributed by atoms with van der Waals surface area (Å²) in [7, 11) is -4.61. The van der Waals surface area contributed by atoms with Gasteiger partial charge in [-0.3, -0.25) is 4.21 Å². The van der Waals surface area contributed by atoms with Crippen molar-refractivity contribution in [3.63, 3.8) is 0 Å². The minimum absolute atomic E-state index is 0.0414. The van der Waals surface area contributed by atoms with Crippen LogP contribution in [0.2, 0.25) is 0 Å². The summed E-state index contributed by atoms with van der Waals surface area (Å²) in [5.41, 5.74) is 5.35. The molecule has 0 aliphatic rings. The number of nitrogens with two attached hydrogens (primary N) is 1. The van der Waals surface area contributed by atoms with Crippen LogP contribution in [-0.4, -0.2) is 40.9 Å². The highest BCUT2D eigenvalue weighted by molar-refractivity contribution is 7.93. The Labute approximate surface area is 105 Å². The van der Waals surface area contributed by atoms with Crippen molar-refractivity contribution in [3.8, 4) is 0 Å². The minimum atomic E-state index is -3.55. The van der Waals surface area contributed by atoms with Crippen LogP contribution in [-0.2, 0) is 20.8 Å². The summed E-state index contributed by atoms with van der Waals surface area (Å²) < 4.78 is 36.9. The first-order chi connectivity index (χ1) is 7.22. The molecule has 3 N–H and O–H groups in total. The first-order valence-corrected chi connectivity index (χ1v) is 8.40. The number of hydrogen-bond donors (Lipinski definition) is 2. The molecule has 0 aliphatic heterocycles. The molecule has 5 nitrogen and oxygen atoms in total. The van der Waals surface area contributed by atoms with Crippen molar-refractivity contribution in [2.24, 2.45) is 5.73 Å². The fourth-order valence-electron chi connectivity index (χ4n) is 1.02. The number of sulfonamides is 1.